The number of nitriles is 1. The monoisotopic (exact) mass is 262 g/mol. The molecule has 0 aliphatic rings. The molecule has 0 bridgehead atoms. The van der Waals surface area contributed by atoms with E-state index in [0.717, 1.165) is 16.8 Å². The van der Waals surface area contributed by atoms with Crippen molar-refractivity contribution < 1.29 is 0 Å². The van der Waals surface area contributed by atoms with E-state index in [0.29, 0.717) is 16.5 Å². The average Bonchev–Trinajstić information content (AvgIpc) is 2.31. The molecule has 0 aliphatic carbocycles. The fourth-order valence-corrected chi connectivity index (χ4v) is 1.98. The molecular formula is C13H8Cl2N2. The molecule has 0 amide bonds. The second-order valence-corrected chi connectivity index (χ2v) is 4.35. The van der Waals surface area contributed by atoms with E-state index in [-0.39, 0.29) is 0 Å². The molecule has 84 valence electrons. The Morgan fingerprint density at radius 3 is 2.59 bits per heavy atom. The highest BCUT2D eigenvalue weighted by molar-refractivity contribution is 6.36. The molecule has 0 unspecified atom stereocenters. The van der Waals surface area contributed by atoms with Gasteiger partial charge in [-0.05, 0) is 29.8 Å². The topological polar surface area (TPSA) is 36.7 Å². The van der Waals surface area contributed by atoms with Crippen LogP contribution in [0.5, 0.6) is 0 Å². The van der Waals surface area contributed by atoms with E-state index in [1.54, 1.807) is 18.3 Å². The standard InChI is InChI=1S/C13H8Cl2N2/c14-10-2-3-11(12(15)7-10)13-4-1-9(5-6-16)8-17-13/h1-4,7-8H,5H2. The molecule has 17 heavy (non-hydrogen) atoms. The van der Waals surface area contributed by atoms with Crippen LogP contribution < -0.4 is 0 Å². The van der Waals surface area contributed by atoms with Crippen LogP contribution in [0.1, 0.15) is 5.56 Å². The Hall–Kier alpha value is -1.56. The number of halogens is 2. The predicted molar refractivity (Wildman–Crippen MR) is 69.0 cm³/mol. The van der Waals surface area contributed by atoms with Crippen molar-refractivity contribution in [1.29, 1.82) is 5.26 Å². The van der Waals surface area contributed by atoms with Crippen LogP contribution in [0.15, 0.2) is 36.5 Å². The lowest BCUT2D eigenvalue weighted by molar-refractivity contribution is 1.19. The zero-order valence-electron chi connectivity index (χ0n) is 8.82. The van der Waals surface area contributed by atoms with E-state index < -0.39 is 0 Å². The van der Waals surface area contributed by atoms with Gasteiger partial charge in [-0.1, -0.05) is 29.3 Å². The van der Waals surface area contributed by atoms with Gasteiger partial charge in [-0.25, -0.2) is 0 Å². The summed E-state index contributed by atoms with van der Waals surface area (Å²) < 4.78 is 0. The number of benzene rings is 1. The minimum atomic E-state index is 0.363. The second kappa shape index (κ2) is 5.18. The number of pyridine rings is 1. The largest absolute Gasteiger partial charge is 0.256 e. The van der Waals surface area contributed by atoms with Crippen LogP contribution in [0.4, 0.5) is 0 Å². The van der Waals surface area contributed by atoms with Crippen LogP contribution >= 0.6 is 23.2 Å². The Bertz CT molecular complexity index is 571. The lowest BCUT2D eigenvalue weighted by Crippen LogP contribution is -1.88. The molecule has 1 aromatic carbocycles. The van der Waals surface area contributed by atoms with Crippen LogP contribution in [0, 0.1) is 11.3 Å². The highest BCUT2D eigenvalue weighted by atomic mass is 35.5. The molecule has 2 rings (SSSR count). The highest BCUT2D eigenvalue weighted by Crippen LogP contribution is 2.28. The first kappa shape index (κ1) is 11.9. The van der Waals surface area contributed by atoms with E-state index in [4.69, 9.17) is 28.5 Å². The van der Waals surface area contributed by atoms with Crippen LogP contribution in [0.2, 0.25) is 10.0 Å². The molecule has 0 fully saturated rings. The molecule has 2 aromatic rings. The second-order valence-electron chi connectivity index (χ2n) is 3.51. The Balaban J connectivity index is 2.37. The van der Waals surface area contributed by atoms with Gasteiger partial charge in [0, 0.05) is 16.8 Å². The smallest absolute Gasteiger partial charge is 0.0717 e. The Morgan fingerprint density at radius 1 is 1.18 bits per heavy atom. The number of hydrogen-bond acceptors (Lipinski definition) is 2. The molecule has 0 radical (unpaired) electrons. The van der Waals surface area contributed by atoms with Gasteiger partial charge in [0.25, 0.3) is 0 Å². The van der Waals surface area contributed by atoms with E-state index >= 15 is 0 Å². The minimum Gasteiger partial charge on any atom is -0.256 e. The van der Waals surface area contributed by atoms with Crippen molar-refractivity contribution >= 4 is 23.2 Å². The zero-order valence-corrected chi connectivity index (χ0v) is 10.3. The van der Waals surface area contributed by atoms with E-state index in [9.17, 15) is 0 Å². The summed E-state index contributed by atoms with van der Waals surface area (Å²) in [6, 6.07) is 11.1. The number of rotatable bonds is 2. The first-order valence-corrected chi connectivity index (χ1v) is 5.73. The summed E-state index contributed by atoms with van der Waals surface area (Å²) in [5.41, 5.74) is 2.49. The predicted octanol–water partition coefficient (Wildman–Crippen LogP) is 4.12. The molecule has 1 aromatic heterocycles. The quantitative estimate of drug-likeness (QED) is 0.817. The first-order chi connectivity index (χ1) is 8.20. The molecule has 0 atom stereocenters. The van der Waals surface area contributed by atoms with E-state index in [2.05, 4.69) is 11.1 Å². The van der Waals surface area contributed by atoms with Gasteiger partial charge in [0.1, 0.15) is 0 Å². The Morgan fingerprint density at radius 2 is 2.00 bits per heavy atom. The lowest BCUT2D eigenvalue weighted by Gasteiger charge is -2.04. The highest BCUT2D eigenvalue weighted by Gasteiger charge is 2.05. The van der Waals surface area contributed by atoms with Gasteiger partial charge < -0.3 is 0 Å². The summed E-state index contributed by atoms with van der Waals surface area (Å²) in [5, 5.41) is 9.73. The molecule has 1 heterocycles. The zero-order chi connectivity index (χ0) is 12.3. The van der Waals surface area contributed by atoms with Crippen LogP contribution in [-0.2, 0) is 6.42 Å². The maximum Gasteiger partial charge on any atom is 0.0717 e. The third-order valence-corrected chi connectivity index (χ3v) is 2.86. The molecule has 0 N–H and O–H groups in total. The van der Waals surface area contributed by atoms with Crippen LogP contribution in [0.3, 0.4) is 0 Å². The van der Waals surface area contributed by atoms with E-state index in [1.807, 2.05) is 18.2 Å². The molecule has 4 heteroatoms. The van der Waals surface area contributed by atoms with Gasteiger partial charge in [-0.3, -0.25) is 4.98 Å². The van der Waals surface area contributed by atoms with Gasteiger partial charge >= 0.3 is 0 Å². The number of hydrogen-bond donors (Lipinski definition) is 0. The van der Waals surface area contributed by atoms with Gasteiger partial charge in [-0.15, -0.1) is 0 Å². The van der Waals surface area contributed by atoms with E-state index in [1.165, 1.54) is 0 Å². The van der Waals surface area contributed by atoms with Gasteiger partial charge in [0.15, 0.2) is 0 Å². The number of aromatic nitrogens is 1. The normalized spacial score (nSPS) is 9.94. The fourth-order valence-electron chi connectivity index (χ4n) is 1.48. The summed E-state index contributed by atoms with van der Waals surface area (Å²) >= 11 is 11.9. The van der Waals surface area contributed by atoms with Crippen molar-refractivity contribution in [2.75, 3.05) is 0 Å². The maximum atomic E-state index is 8.57. The fraction of sp³-hybridized carbons (Fsp3) is 0.0769. The van der Waals surface area contributed by atoms with Crippen molar-refractivity contribution in [1.82, 2.24) is 4.98 Å². The van der Waals surface area contributed by atoms with Crippen molar-refractivity contribution in [2.45, 2.75) is 6.42 Å². The molecule has 0 saturated carbocycles. The maximum absolute atomic E-state index is 8.57. The lowest BCUT2D eigenvalue weighted by atomic mass is 10.1. The van der Waals surface area contributed by atoms with Gasteiger partial charge in [0.2, 0.25) is 0 Å². The molecule has 2 nitrogen and oxygen atoms in total. The molecule has 0 saturated heterocycles. The number of nitrogens with zero attached hydrogens (tertiary/aromatic N) is 2. The average molecular weight is 263 g/mol. The van der Waals surface area contributed by atoms with Crippen molar-refractivity contribution in [3.05, 3.63) is 52.1 Å². The van der Waals surface area contributed by atoms with Crippen molar-refractivity contribution in [2.24, 2.45) is 0 Å². The first-order valence-electron chi connectivity index (χ1n) is 4.98. The van der Waals surface area contributed by atoms with Crippen molar-refractivity contribution in [3.8, 4) is 17.3 Å². The summed E-state index contributed by atoms with van der Waals surface area (Å²) in [6.07, 6.45) is 2.05. The summed E-state index contributed by atoms with van der Waals surface area (Å²) in [7, 11) is 0. The molecule has 0 spiro atoms. The summed E-state index contributed by atoms with van der Waals surface area (Å²) in [4.78, 5) is 4.28. The Kier molecular flexibility index (Phi) is 3.63. The Labute approximate surface area is 109 Å². The van der Waals surface area contributed by atoms with Crippen LogP contribution in [-0.4, -0.2) is 4.98 Å². The third kappa shape index (κ3) is 2.76. The summed E-state index contributed by atoms with van der Waals surface area (Å²) in [6.45, 7) is 0. The van der Waals surface area contributed by atoms with Crippen molar-refractivity contribution in [3.63, 3.8) is 0 Å². The molecular weight excluding hydrogens is 255 g/mol. The molecule has 0 aliphatic heterocycles. The van der Waals surface area contributed by atoms with Gasteiger partial charge in [-0.2, -0.15) is 5.26 Å². The summed E-state index contributed by atoms with van der Waals surface area (Å²) in [5.74, 6) is 0. The van der Waals surface area contributed by atoms with Gasteiger partial charge in [0.05, 0.1) is 23.2 Å². The minimum absolute atomic E-state index is 0.363. The SMILES string of the molecule is N#CCc1ccc(-c2ccc(Cl)cc2Cl)nc1. The third-order valence-electron chi connectivity index (χ3n) is 2.32. The van der Waals surface area contributed by atoms with Crippen LogP contribution in [0.25, 0.3) is 11.3 Å².